The van der Waals surface area contributed by atoms with Crippen LogP contribution in [-0.2, 0) is 11.3 Å². The lowest BCUT2D eigenvalue weighted by atomic mass is 10.1. The summed E-state index contributed by atoms with van der Waals surface area (Å²) in [5.74, 6) is -0.189. The highest BCUT2D eigenvalue weighted by Crippen LogP contribution is 2.28. The largest absolute Gasteiger partial charge is 0.352 e. The topological polar surface area (TPSA) is 41.1 Å². The molecule has 1 saturated carbocycles. The third kappa shape index (κ3) is 3.89. The monoisotopic (exact) mass is 304 g/mol. The van der Waals surface area contributed by atoms with Crippen molar-refractivity contribution in [3.63, 3.8) is 0 Å². The van der Waals surface area contributed by atoms with Gasteiger partial charge in [0.05, 0.1) is 6.54 Å². The third-order valence-corrected chi connectivity index (χ3v) is 4.28. The van der Waals surface area contributed by atoms with E-state index in [1.54, 1.807) is 6.07 Å². The fourth-order valence-corrected chi connectivity index (χ4v) is 2.87. The lowest BCUT2D eigenvalue weighted by molar-refractivity contribution is -0.120. The van der Waals surface area contributed by atoms with Crippen molar-refractivity contribution in [3.05, 3.63) is 47.1 Å². The van der Waals surface area contributed by atoms with Crippen molar-refractivity contribution in [1.29, 1.82) is 0 Å². The molecule has 0 saturated heterocycles. The summed E-state index contributed by atoms with van der Waals surface area (Å²) in [5.41, 5.74) is 1.59. The minimum absolute atomic E-state index is 0.0260. The van der Waals surface area contributed by atoms with Gasteiger partial charge < -0.3 is 10.6 Å². The summed E-state index contributed by atoms with van der Waals surface area (Å²) in [4.78, 5) is 12.5. The molecule has 2 N–H and O–H groups in total. The van der Waals surface area contributed by atoms with Crippen LogP contribution in [0.15, 0.2) is 35.7 Å². The molecule has 5 heteroatoms. The number of thiophene rings is 1. The average molecular weight is 304 g/mol. The van der Waals surface area contributed by atoms with E-state index in [9.17, 15) is 9.18 Å². The van der Waals surface area contributed by atoms with Crippen molar-refractivity contribution in [3.8, 4) is 10.4 Å². The Labute approximate surface area is 127 Å². The van der Waals surface area contributed by atoms with Crippen LogP contribution < -0.4 is 10.6 Å². The number of carbonyl (C=O) groups is 1. The van der Waals surface area contributed by atoms with Crippen LogP contribution in [0.5, 0.6) is 0 Å². The molecule has 3 rings (SSSR count). The van der Waals surface area contributed by atoms with E-state index in [1.165, 1.54) is 17.4 Å². The first-order chi connectivity index (χ1) is 10.2. The molecule has 1 amide bonds. The minimum Gasteiger partial charge on any atom is -0.352 e. The number of rotatable bonds is 6. The molecule has 1 aromatic carbocycles. The number of halogens is 1. The molecule has 1 heterocycles. The minimum atomic E-state index is -0.215. The summed E-state index contributed by atoms with van der Waals surface area (Å²) >= 11 is 1.52. The maximum absolute atomic E-state index is 13.9. The van der Waals surface area contributed by atoms with Crippen LogP contribution in [0.3, 0.4) is 0 Å². The Morgan fingerprint density at radius 1 is 1.33 bits per heavy atom. The average Bonchev–Trinajstić information content (AvgIpc) is 3.11. The number of hydrogen-bond donors (Lipinski definition) is 2. The summed E-state index contributed by atoms with van der Waals surface area (Å²) in [6, 6.07) is 9.27. The predicted octanol–water partition coefficient (Wildman–Crippen LogP) is 2.92. The van der Waals surface area contributed by atoms with Gasteiger partial charge in [0.2, 0.25) is 5.91 Å². The van der Waals surface area contributed by atoms with Crippen molar-refractivity contribution in [2.45, 2.75) is 25.4 Å². The predicted molar refractivity (Wildman–Crippen MR) is 82.6 cm³/mol. The van der Waals surface area contributed by atoms with Crippen LogP contribution in [0.25, 0.3) is 10.4 Å². The van der Waals surface area contributed by atoms with Crippen LogP contribution in [0, 0.1) is 5.82 Å². The first-order valence-corrected chi connectivity index (χ1v) is 7.93. The number of benzene rings is 1. The molecule has 1 fully saturated rings. The Hall–Kier alpha value is -1.72. The molecule has 0 spiro atoms. The highest BCUT2D eigenvalue weighted by atomic mass is 32.1. The number of carbonyl (C=O) groups excluding carboxylic acids is 1. The zero-order chi connectivity index (χ0) is 14.7. The third-order valence-electron chi connectivity index (χ3n) is 3.37. The summed E-state index contributed by atoms with van der Waals surface area (Å²) in [6.07, 6.45) is 2.18. The van der Waals surface area contributed by atoms with Crippen LogP contribution in [0.2, 0.25) is 0 Å². The van der Waals surface area contributed by atoms with Crippen molar-refractivity contribution >= 4 is 17.2 Å². The lowest BCUT2D eigenvalue weighted by Gasteiger charge is -2.08. The molecule has 3 nitrogen and oxygen atoms in total. The van der Waals surface area contributed by atoms with Gasteiger partial charge in [-0.15, -0.1) is 11.3 Å². The van der Waals surface area contributed by atoms with Crippen molar-refractivity contribution in [1.82, 2.24) is 10.6 Å². The number of amides is 1. The van der Waals surface area contributed by atoms with Gasteiger partial charge in [0.1, 0.15) is 5.82 Å². The van der Waals surface area contributed by atoms with E-state index in [0.717, 1.165) is 23.3 Å². The van der Waals surface area contributed by atoms with Gasteiger partial charge in [-0.25, -0.2) is 4.39 Å². The normalized spacial score (nSPS) is 14.1. The molecule has 1 aliphatic carbocycles. The second-order valence-electron chi connectivity index (χ2n) is 5.24. The van der Waals surface area contributed by atoms with Gasteiger partial charge in [0, 0.05) is 23.0 Å². The maximum atomic E-state index is 13.9. The van der Waals surface area contributed by atoms with Gasteiger partial charge in [-0.05, 0) is 42.0 Å². The zero-order valence-electron chi connectivity index (χ0n) is 11.6. The zero-order valence-corrected chi connectivity index (χ0v) is 12.4. The van der Waals surface area contributed by atoms with Gasteiger partial charge in [0.15, 0.2) is 0 Å². The number of hydrogen-bond acceptors (Lipinski definition) is 3. The Balaban J connectivity index is 1.58. The van der Waals surface area contributed by atoms with Crippen molar-refractivity contribution < 1.29 is 9.18 Å². The highest BCUT2D eigenvalue weighted by Gasteiger charge is 2.22. The van der Waals surface area contributed by atoms with E-state index in [1.807, 2.05) is 23.6 Å². The molecule has 110 valence electrons. The van der Waals surface area contributed by atoms with Crippen LogP contribution in [-0.4, -0.2) is 18.5 Å². The summed E-state index contributed by atoms with van der Waals surface area (Å²) in [6.45, 7) is 0.846. The van der Waals surface area contributed by atoms with Gasteiger partial charge >= 0.3 is 0 Å². The molecule has 1 aromatic heterocycles. The fraction of sp³-hybridized carbons (Fsp3) is 0.312. The molecule has 1 aliphatic rings. The standard InChI is InChI=1S/C16H17FN2OS/c17-14-6-3-11(8-13(14)15-2-1-7-21-15)9-18-10-16(20)19-12-4-5-12/h1-3,6-8,12,18H,4-5,9-10H2,(H,19,20). The number of nitrogens with one attached hydrogen (secondary N) is 2. The summed E-state index contributed by atoms with van der Waals surface area (Å²) in [5, 5.41) is 7.95. The molecule has 0 atom stereocenters. The van der Waals surface area contributed by atoms with E-state index in [4.69, 9.17) is 0 Å². The van der Waals surface area contributed by atoms with Gasteiger partial charge in [-0.1, -0.05) is 12.1 Å². The van der Waals surface area contributed by atoms with E-state index in [-0.39, 0.29) is 11.7 Å². The highest BCUT2D eigenvalue weighted by molar-refractivity contribution is 7.13. The first-order valence-electron chi connectivity index (χ1n) is 7.05. The Bertz CT molecular complexity index is 623. The molecular formula is C16H17FN2OS. The van der Waals surface area contributed by atoms with Crippen LogP contribution in [0.1, 0.15) is 18.4 Å². The second-order valence-corrected chi connectivity index (χ2v) is 6.18. The fourth-order valence-electron chi connectivity index (χ4n) is 2.13. The molecular weight excluding hydrogens is 287 g/mol. The quantitative estimate of drug-likeness (QED) is 0.861. The van der Waals surface area contributed by atoms with E-state index in [0.29, 0.717) is 24.7 Å². The molecule has 0 aliphatic heterocycles. The Kier molecular flexibility index (Phi) is 4.31. The Morgan fingerprint density at radius 3 is 2.90 bits per heavy atom. The van der Waals surface area contributed by atoms with Crippen molar-refractivity contribution in [2.24, 2.45) is 0 Å². The summed E-state index contributed by atoms with van der Waals surface area (Å²) in [7, 11) is 0. The van der Waals surface area contributed by atoms with Gasteiger partial charge in [0.25, 0.3) is 0 Å². The lowest BCUT2D eigenvalue weighted by Crippen LogP contribution is -2.34. The van der Waals surface area contributed by atoms with E-state index < -0.39 is 0 Å². The SMILES string of the molecule is O=C(CNCc1ccc(F)c(-c2cccs2)c1)NC1CC1. The van der Waals surface area contributed by atoms with E-state index in [2.05, 4.69) is 10.6 Å². The molecule has 2 aromatic rings. The summed E-state index contributed by atoms with van der Waals surface area (Å²) < 4.78 is 13.9. The molecule has 21 heavy (non-hydrogen) atoms. The first kappa shape index (κ1) is 14.2. The van der Waals surface area contributed by atoms with Gasteiger partial charge in [-0.2, -0.15) is 0 Å². The smallest absolute Gasteiger partial charge is 0.234 e. The molecule has 0 bridgehead atoms. The van der Waals surface area contributed by atoms with E-state index >= 15 is 0 Å². The van der Waals surface area contributed by atoms with Crippen LogP contribution in [0.4, 0.5) is 4.39 Å². The molecule has 0 unspecified atom stereocenters. The van der Waals surface area contributed by atoms with Crippen LogP contribution >= 0.6 is 11.3 Å². The van der Waals surface area contributed by atoms with Crippen molar-refractivity contribution in [2.75, 3.05) is 6.54 Å². The maximum Gasteiger partial charge on any atom is 0.234 e. The second kappa shape index (κ2) is 6.37. The Morgan fingerprint density at radius 2 is 2.19 bits per heavy atom. The molecule has 0 radical (unpaired) electrons. The van der Waals surface area contributed by atoms with Gasteiger partial charge in [-0.3, -0.25) is 4.79 Å².